The summed E-state index contributed by atoms with van der Waals surface area (Å²) >= 11 is 9.79. The van der Waals surface area contributed by atoms with Crippen LogP contribution in [0.15, 0.2) is 59.7 Å². The third-order valence-corrected chi connectivity index (χ3v) is 6.04. The van der Waals surface area contributed by atoms with Gasteiger partial charge < -0.3 is 21.1 Å². The first-order chi connectivity index (χ1) is 15.6. The molecule has 0 bridgehead atoms. The number of nitrogens with zero attached hydrogens (tertiary/aromatic N) is 4. The average molecular weight is 466 g/mol. The van der Waals surface area contributed by atoms with E-state index in [0.29, 0.717) is 10.6 Å². The fraction of sp³-hybridized carbons (Fsp3) is 0.318. The maximum Gasteiger partial charge on any atom is 0.143 e. The molecule has 2 aliphatic heterocycles. The van der Waals surface area contributed by atoms with Crippen LogP contribution in [0.25, 0.3) is 0 Å². The fourth-order valence-corrected chi connectivity index (χ4v) is 4.42. The van der Waals surface area contributed by atoms with Gasteiger partial charge in [0, 0.05) is 37.9 Å². The summed E-state index contributed by atoms with van der Waals surface area (Å²) in [4.78, 5) is 8.25. The van der Waals surface area contributed by atoms with Crippen LogP contribution in [0.1, 0.15) is 23.1 Å². The van der Waals surface area contributed by atoms with Gasteiger partial charge in [-0.1, -0.05) is 24.4 Å². The van der Waals surface area contributed by atoms with Crippen molar-refractivity contribution < 1.29 is 4.74 Å². The second-order valence-corrected chi connectivity index (χ2v) is 8.05. The van der Waals surface area contributed by atoms with Crippen molar-refractivity contribution in [3.05, 3.63) is 70.8 Å². The topological polar surface area (TPSA) is 133 Å². The Balaban J connectivity index is 0.000000416. The molecule has 0 aromatic carbocycles. The summed E-state index contributed by atoms with van der Waals surface area (Å²) in [6, 6.07) is 11.0. The van der Waals surface area contributed by atoms with Crippen LogP contribution in [0.5, 0.6) is 0 Å². The van der Waals surface area contributed by atoms with Crippen molar-refractivity contribution in [1.29, 1.82) is 10.5 Å². The van der Waals surface area contributed by atoms with Crippen molar-refractivity contribution in [3.8, 4) is 12.1 Å². The molecule has 2 aliphatic rings. The third kappa shape index (κ3) is 4.74. The van der Waals surface area contributed by atoms with Crippen molar-refractivity contribution >= 4 is 29.8 Å². The van der Waals surface area contributed by atoms with Crippen molar-refractivity contribution in [2.24, 2.45) is 11.1 Å². The Morgan fingerprint density at radius 3 is 2.19 bits per heavy atom. The maximum absolute atomic E-state index is 10.2. The first-order valence-electron chi connectivity index (χ1n) is 9.95. The molecule has 32 heavy (non-hydrogen) atoms. The van der Waals surface area contributed by atoms with E-state index in [2.05, 4.69) is 45.4 Å². The van der Waals surface area contributed by atoms with Gasteiger partial charge >= 0.3 is 0 Å². The van der Waals surface area contributed by atoms with Gasteiger partial charge in [-0.3, -0.25) is 9.97 Å². The lowest BCUT2D eigenvalue weighted by molar-refractivity contribution is 0.109. The largest absolute Gasteiger partial charge is 0.392 e. The van der Waals surface area contributed by atoms with Gasteiger partial charge in [-0.15, -0.1) is 12.6 Å². The summed E-state index contributed by atoms with van der Waals surface area (Å²) in [5.74, 6) is -0.706. The molecule has 0 saturated carbocycles. The first-order valence-corrected chi connectivity index (χ1v) is 10.8. The second-order valence-electron chi connectivity index (χ2n) is 7.16. The Hall–Kier alpha value is -3.02. The number of hydrogen-bond acceptors (Lipinski definition) is 9. The number of nitriles is 2. The van der Waals surface area contributed by atoms with Crippen LogP contribution in [-0.4, -0.2) is 41.3 Å². The number of aromatic nitrogens is 2. The lowest BCUT2D eigenvalue weighted by Gasteiger charge is -2.45. The summed E-state index contributed by atoms with van der Waals surface area (Å²) < 4.78 is 5.01. The molecule has 3 atom stereocenters. The van der Waals surface area contributed by atoms with Crippen molar-refractivity contribution in [2.75, 3.05) is 26.3 Å². The molecule has 0 aliphatic carbocycles. The average Bonchev–Trinajstić information content (AvgIpc) is 2.85. The van der Waals surface area contributed by atoms with E-state index in [1.165, 1.54) is 0 Å². The van der Waals surface area contributed by atoms with Gasteiger partial charge in [-0.05, 0) is 23.3 Å². The number of nitrogens with one attached hydrogen (secondary N) is 2. The molecule has 8 nitrogen and oxygen atoms in total. The van der Waals surface area contributed by atoms with E-state index in [1.807, 2.05) is 6.07 Å². The molecule has 164 valence electrons. The molecule has 4 rings (SSSR count). The van der Waals surface area contributed by atoms with E-state index in [4.69, 9.17) is 22.7 Å². The van der Waals surface area contributed by atoms with E-state index in [1.54, 1.807) is 43.0 Å². The molecular formula is C22H23N7OS2. The molecule has 4 N–H and O–H groups in total. The molecule has 4 heterocycles. The highest BCUT2D eigenvalue weighted by Gasteiger charge is 2.55. The predicted octanol–water partition coefficient (Wildman–Crippen LogP) is 1.97. The van der Waals surface area contributed by atoms with E-state index in [-0.39, 0.29) is 10.6 Å². The van der Waals surface area contributed by atoms with Gasteiger partial charge in [0.1, 0.15) is 5.41 Å². The smallest absolute Gasteiger partial charge is 0.143 e. The lowest BCUT2D eigenvalue weighted by atomic mass is 9.62. The van der Waals surface area contributed by atoms with Gasteiger partial charge in [0.15, 0.2) is 0 Å². The molecule has 0 amide bonds. The molecule has 10 heteroatoms. The highest BCUT2D eigenvalue weighted by Crippen LogP contribution is 2.53. The number of hydrogen-bond donors (Lipinski definition) is 4. The summed E-state index contributed by atoms with van der Waals surface area (Å²) in [6.07, 6.45) is 6.51. The van der Waals surface area contributed by atoms with Crippen LogP contribution in [0, 0.1) is 28.1 Å². The third-order valence-electron chi connectivity index (χ3n) is 5.33. The second kappa shape index (κ2) is 11.0. The van der Waals surface area contributed by atoms with Gasteiger partial charge in [0.2, 0.25) is 0 Å². The van der Waals surface area contributed by atoms with Crippen LogP contribution in [-0.2, 0) is 4.74 Å². The molecule has 1 saturated heterocycles. The zero-order chi connectivity index (χ0) is 23.0. The minimum atomic E-state index is -1.39. The van der Waals surface area contributed by atoms with Crippen molar-refractivity contribution in [3.63, 3.8) is 0 Å². The Bertz CT molecular complexity index is 1030. The number of nitrogens with two attached hydrogens (primary N) is 1. The van der Waals surface area contributed by atoms with Gasteiger partial charge in [0.25, 0.3) is 0 Å². The van der Waals surface area contributed by atoms with Crippen LogP contribution < -0.4 is 16.4 Å². The number of thiocarbonyl (C=S) groups is 1. The predicted molar refractivity (Wildman–Crippen MR) is 127 cm³/mol. The monoisotopic (exact) mass is 465 g/mol. The van der Waals surface area contributed by atoms with Gasteiger partial charge in [-0.25, -0.2) is 0 Å². The first kappa shape index (κ1) is 23.6. The summed E-state index contributed by atoms with van der Waals surface area (Å²) in [5.41, 5.74) is 6.39. The highest BCUT2D eigenvalue weighted by molar-refractivity contribution is 7.84. The Morgan fingerprint density at radius 2 is 1.78 bits per heavy atom. The highest BCUT2D eigenvalue weighted by atomic mass is 32.1. The van der Waals surface area contributed by atoms with E-state index >= 15 is 0 Å². The molecule has 1 fully saturated rings. The van der Waals surface area contributed by atoms with Crippen molar-refractivity contribution in [2.45, 2.75) is 12.0 Å². The Labute approximate surface area is 197 Å². The Morgan fingerprint density at radius 1 is 1.16 bits per heavy atom. The summed E-state index contributed by atoms with van der Waals surface area (Å²) in [5, 5.41) is 26.6. The number of allylic oxidation sites excluding steroid dienone is 1. The van der Waals surface area contributed by atoms with E-state index in [9.17, 15) is 10.5 Å². The normalized spacial score (nSPS) is 24.7. The minimum absolute atomic E-state index is 0.0104. The zero-order valence-corrected chi connectivity index (χ0v) is 18.9. The quantitative estimate of drug-likeness (QED) is 0.397. The molecule has 2 aromatic heterocycles. The number of ether oxygens (including phenoxy) is 1. The van der Waals surface area contributed by atoms with Crippen LogP contribution in [0.3, 0.4) is 0 Å². The molecule has 2 aromatic rings. The zero-order valence-electron chi connectivity index (χ0n) is 17.2. The molecular weight excluding hydrogens is 442 g/mol. The number of rotatable bonds is 3. The number of thiol groups is 1. The van der Waals surface area contributed by atoms with Gasteiger partial charge in [-0.2, -0.15) is 10.5 Å². The Kier molecular flexibility index (Phi) is 8.14. The van der Waals surface area contributed by atoms with Crippen LogP contribution >= 0.6 is 24.8 Å². The van der Waals surface area contributed by atoms with Gasteiger partial charge in [0.05, 0.1) is 52.9 Å². The number of pyridine rings is 2. The molecule has 0 spiro atoms. The van der Waals surface area contributed by atoms with Crippen LogP contribution in [0.2, 0.25) is 0 Å². The minimum Gasteiger partial charge on any atom is -0.392 e. The summed E-state index contributed by atoms with van der Waals surface area (Å²) in [7, 11) is 0. The van der Waals surface area contributed by atoms with Crippen LogP contribution in [0.4, 0.5) is 0 Å². The SMILES string of the molecule is C1COCCN1.N#CC1=C(S)N[C@H](c2cccnc2)[C@@](C#N)(C(N)=S)[C@H]1c1cccnc1. The standard InChI is InChI=1S/C18H14N6S2.C4H9NO/c19-7-13-14(11-3-1-5-22-8-11)18(10-20,17(21)26)15(24-16(13)25)12-4-2-6-23-9-12;1-3-6-4-2-5-1/h1-6,8-9,14-15,24-25H,(H2,21,26);5H,1-4H2/t14-,15+,18-;/m0./s1. The molecule has 0 radical (unpaired) electrons. The lowest BCUT2D eigenvalue weighted by Crippen LogP contribution is -2.52. The number of morpholine rings is 1. The van der Waals surface area contributed by atoms with Crippen molar-refractivity contribution in [1.82, 2.24) is 20.6 Å². The summed E-state index contributed by atoms with van der Waals surface area (Å²) in [6.45, 7) is 3.83. The van der Waals surface area contributed by atoms with E-state index in [0.717, 1.165) is 31.9 Å². The molecule has 0 unspecified atom stereocenters. The fourth-order valence-electron chi connectivity index (χ4n) is 3.83. The maximum atomic E-state index is 10.2. The van der Waals surface area contributed by atoms with E-state index < -0.39 is 17.4 Å².